The molecule has 2 aliphatic rings. The van der Waals surface area contributed by atoms with Crippen LogP contribution >= 0.6 is 0 Å². The monoisotopic (exact) mass is 598 g/mol. The highest BCUT2D eigenvalue weighted by Gasteiger charge is 2.33. The minimum absolute atomic E-state index is 0.101. The van der Waals surface area contributed by atoms with Crippen molar-refractivity contribution in [3.63, 3.8) is 0 Å². The number of benzene rings is 1. The first-order valence-corrected chi connectivity index (χ1v) is 12.5. The fourth-order valence-electron chi connectivity index (χ4n) is 2.97. The third kappa shape index (κ3) is 19.1. The Hall–Kier alpha value is -4.03. The number of aliphatic carboxylic acids is 1. The van der Waals surface area contributed by atoms with E-state index in [1.807, 2.05) is 30.3 Å². The Labute approximate surface area is 244 Å². The summed E-state index contributed by atoms with van der Waals surface area (Å²) in [7, 11) is 0. The van der Waals surface area contributed by atoms with Gasteiger partial charge in [0.25, 0.3) is 5.97 Å². The van der Waals surface area contributed by atoms with E-state index in [0.717, 1.165) is 12.5 Å². The zero-order valence-corrected chi connectivity index (χ0v) is 24.3. The molecule has 2 aliphatic heterocycles. The second kappa shape index (κ2) is 20.8. The average molecular weight is 599 g/mol. The zero-order chi connectivity index (χ0) is 32.1. The van der Waals surface area contributed by atoms with Crippen LogP contribution in [0, 0.1) is 12.8 Å². The van der Waals surface area contributed by atoms with E-state index in [2.05, 4.69) is 22.3 Å². The lowest BCUT2D eigenvalue weighted by atomic mass is 10.2. The van der Waals surface area contributed by atoms with Crippen LogP contribution in [0.5, 0.6) is 0 Å². The smallest absolute Gasteiger partial charge is 0.344 e. The summed E-state index contributed by atoms with van der Waals surface area (Å²) in [4.78, 5) is 52.4. The predicted molar refractivity (Wildman–Crippen MR) is 143 cm³/mol. The number of carbonyl (C=O) groups is 5. The fraction of sp³-hybridized carbons (Fsp3) is 0.536. The van der Waals surface area contributed by atoms with Gasteiger partial charge in [-0.25, -0.2) is 9.59 Å². The van der Waals surface area contributed by atoms with Gasteiger partial charge < -0.3 is 43.0 Å². The van der Waals surface area contributed by atoms with Gasteiger partial charge in [-0.1, -0.05) is 30.3 Å². The van der Waals surface area contributed by atoms with E-state index in [9.17, 15) is 19.2 Å². The number of rotatable bonds is 8. The summed E-state index contributed by atoms with van der Waals surface area (Å²) in [6, 6.07) is 9.50. The molecule has 14 nitrogen and oxygen atoms in total. The molecule has 0 saturated carbocycles. The maximum atomic E-state index is 11.4. The summed E-state index contributed by atoms with van der Waals surface area (Å²) < 4.78 is 40.6. The topological polar surface area (TPSA) is 179 Å². The van der Waals surface area contributed by atoms with Gasteiger partial charge in [-0.05, 0) is 13.8 Å². The van der Waals surface area contributed by atoms with Gasteiger partial charge in [0.15, 0.2) is 25.3 Å². The van der Waals surface area contributed by atoms with Crippen LogP contribution in [0.2, 0.25) is 0 Å². The molecule has 3 rings (SSSR count). The van der Waals surface area contributed by atoms with Gasteiger partial charge in [-0.3, -0.25) is 14.4 Å². The molecule has 0 amide bonds. The largest absolute Gasteiger partial charge is 0.481 e. The standard InChI is InChI=1S/C14H16O6.C10H16O6.C2H4O2.C2H2/c1-10(15)17-9-13(16)20-12-7-18-14(19-8-12)11-5-3-2-4-6-11;1-7(11)13-6-9(12)14-4-8-5-15-10(2,3)16-8;1-2(3)4;1-2/h2-6,12,14H,7-9H2,1H3;8H,4-6H2,1-3H3;1H3,(H,3,4);1-2H. The number of carboxylic acids is 1. The van der Waals surface area contributed by atoms with Crippen molar-refractivity contribution in [3.8, 4) is 12.8 Å². The number of esters is 4. The Kier molecular flexibility index (Phi) is 18.8. The molecule has 0 aliphatic carbocycles. The average Bonchev–Trinajstić information content (AvgIpc) is 3.30. The van der Waals surface area contributed by atoms with Gasteiger partial charge >= 0.3 is 23.9 Å². The van der Waals surface area contributed by atoms with Crippen LogP contribution in [0.3, 0.4) is 0 Å². The van der Waals surface area contributed by atoms with Crippen LogP contribution < -0.4 is 0 Å². The van der Waals surface area contributed by atoms with E-state index < -0.39 is 54.6 Å². The molecule has 1 aromatic rings. The molecule has 0 bridgehead atoms. The normalized spacial score (nSPS) is 19.8. The Balaban J connectivity index is 0.000000686. The van der Waals surface area contributed by atoms with Crippen molar-refractivity contribution >= 4 is 29.8 Å². The van der Waals surface area contributed by atoms with Crippen molar-refractivity contribution < 1.29 is 67.0 Å². The minimum Gasteiger partial charge on any atom is -0.481 e. The Morgan fingerprint density at radius 2 is 1.36 bits per heavy atom. The summed E-state index contributed by atoms with van der Waals surface area (Å²) in [6.45, 7) is 7.31. The van der Waals surface area contributed by atoms with Gasteiger partial charge in [-0.2, -0.15) is 0 Å². The van der Waals surface area contributed by atoms with E-state index in [-0.39, 0.29) is 32.5 Å². The number of hydrogen-bond donors (Lipinski definition) is 1. The van der Waals surface area contributed by atoms with Crippen molar-refractivity contribution in [3.05, 3.63) is 35.9 Å². The SMILES string of the molecule is C#C.CC(=O)O.CC(=O)OCC(=O)OC1COC(c2ccccc2)OC1.CC(=O)OCC(=O)OCC1COC(C)(C)O1. The lowest BCUT2D eigenvalue weighted by Crippen LogP contribution is -2.36. The predicted octanol–water partition coefficient (Wildman–Crippen LogP) is 1.79. The van der Waals surface area contributed by atoms with Crippen molar-refractivity contribution in [2.75, 3.05) is 39.6 Å². The number of carbonyl (C=O) groups excluding carboxylic acids is 4. The van der Waals surface area contributed by atoms with Crippen LogP contribution in [-0.2, 0) is 61.9 Å². The molecule has 0 spiro atoms. The van der Waals surface area contributed by atoms with E-state index >= 15 is 0 Å². The summed E-state index contributed by atoms with van der Waals surface area (Å²) in [5.74, 6) is -3.72. The summed E-state index contributed by atoms with van der Waals surface area (Å²) in [6.07, 6.45) is 6.80. The first-order chi connectivity index (χ1) is 19.8. The molecule has 0 aromatic heterocycles. The van der Waals surface area contributed by atoms with Gasteiger partial charge in [0.1, 0.15) is 18.8 Å². The van der Waals surface area contributed by atoms with E-state index in [1.54, 1.807) is 13.8 Å². The number of terminal acetylenes is 1. The third-order valence-electron chi connectivity index (χ3n) is 4.52. The molecule has 234 valence electrons. The first kappa shape index (κ1) is 38.0. The fourth-order valence-corrected chi connectivity index (χ4v) is 2.97. The highest BCUT2D eigenvalue weighted by molar-refractivity contribution is 5.75. The zero-order valence-electron chi connectivity index (χ0n) is 24.3. The summed E-state index contributed by atoms with van der Waals surface area (Å²) in [5, 5.41) is 7.42. The first-order valence-electron chi connectivity index (χ1n) is 12.5. The second-order valence-corrected chi connectivity index (χ2v) is 8.73. The van der Waals surface area contributed by atoms with Gasteiger partial charge in [0.2, 0.25) is 0 Å². The van der Waals surface area contributed by atoms with Crippen LogP contribution in [0.4, 0.5) is 0 Å². The van der Waals surface area contributed by atoms with E-state index in [4.69, 9.17) is 38.3 Å². The number of carboxylic acid groups (broad SMARTS) is 1. The lowest BCUT2D eigenvalue weighted by Gasteiger charge is -2.29. The Morgan fingerprint density at radius 3 is 1.81 bits per heavy atom. The summed E-state index contributed by atoms with van der Waals surface area (Å²) >= 11 is 0. The molecule has 42 heavy (non-hydrogen) atoms. The molecular formula is C28H38O14. The van der Waals surface area contributed by atoms with Gasteiger partial charge in [0, 0.05) is 26.3 Å². The second-order valence-electron chi connectivity index (χ2n) is 8.73. The number of hydrogen-bond acceptors (Lipinski definition) is 13. The van der Waals surface area contributed by atoms with Gasteiger partial charge in [-0.15, -0.1) is 12.8 Å². The molecule has 0 radical (unpaired) electrons. The summed E-state index contributed by atoms with van der Waals surface area (Å²) in [5.41, 5.74) is 0.914. The molecule has 14 heteroatoms. The van der Waals surface area contributed by atoms with Gasteiger partial charge in [0.05, 0.1) is 19.8 Å². The highest BCUT2D eigenvalue weighted by atomic mass is 16.8. The molecule has 2 fully saturated rings. The van der Waals surface area contributed by atoms with E-state index in [1.165, 1.54) is 13.8 Å². The van der Waals surface area contributed by atoms with Crippen molar-refractivity contribution in [1.82, 2.24) is 0 Å². The van der Waals surface area contributed by atoms with Crippen LogP contribution in [0.15, 0.2) is 30.3 Å². The van der Waals surface area contributed by atoms with Crippen molar-refractivity contribution in [2.24, 2.45) is 0 Å². The molecule has 2 heterocycles. The van der Waals surface area contributed by atoms with Crippen LogP contribution in [0.1, 0.15) is 46.5 Å². The lowest BCUT2D eigenvalue weighted by molar-refractivity contribution is -0.230. The van der Waals surface area contributed by atoms with Crippen LogP contribution in [-0.4, -0.2) is 92.6 Å². The molecule has 1 N–H and O–H groups in total. The molecule has 2 saturated heterocycles. The maximum absolute atomic E-state index is 11.4. The van der Waals surface area contributed by atoms with E-state index in [0.29, 0.717) is 6.61 Å². The maximum Gasteiger partial charge on any atom is 0.344 e. The third-order valence-corrected chi connectivity index (χ3v) is 4.52. The Bertz CT molecular complexity index is 992. The molecule has 1 unspecified atom stereocenters. The van der Waals surface area contributed by atoms with Crippen molar-refractivity contribution in [2.45, 2.75) is 58.9 Å². The van der Waals surface area contributed by atoms with Crippen LogP contribution in [0.25, 0.3) is 0 Å². The molecular weight excluding hydrogens is 560 g/mol. The minimum atomic E-state index is -0.833. The quantitative estimate of drug-likeness (QED) is 0.260. The van der Waals surface area contributed by atoms with Crippen molar-refractivity contribution in [1.29, 1.82) is 0 Å². The Morgan fingerprint density at radius 1 is 0.857 bits per heavy atom. The molecule has 1 aromatic carbocycles. The number of ether oxygens (including phenoxy) is 8. The highest BCUT2D eigenvalue weighted by Crippen LogP contribution is 2.24. The molecule has 1 atom stereocenters.